The molecule has 2 aliphatic heterocycles. The van der Waals surface area contributed by atoms with Crippen LogP contribution in [0.2, 0.25) is 0 Å². The lowest BCUT2D eigenvalue weighted by Gasteiger charge is -2.45. The molecule has 1 saturated heterocycles. The molecule has 3 heteroatoms. The van der Waals surface area contributed by atoms with E-state index in [9.17, 15) is 0 Å². The van der Waals surface area contributed by atoms with Crippen molar-refractivity contribution >= 4 is 0 Å². The topological polar surface area (TPSA) is 34.4 Å². The summed E-state index contributed by atoms with van der Waals surface area (Å²) in [6.07, 6.45) is 5.56. The first-order valence-electron chi connectivity index (χ1n) is 6.17. The minimum atomic E-state index is 0.0949. The lowest BCUT2D eigenvalue weighted by Crippen LogP contribution is -2.53. The van der Waals surface area contributed by atoms with Gasteiger partial charge in [0, 0.05) is 18.5 Å². The first-order valence-corrected chi connectivity index (χ1v) is 6.17. The molecular weight excluding hydrogens is 202 g/mol. The molecule has 2 unspecified atom stereocenters. The molecule has 1 fully saturated rings. The van der Waals surface area contributed by atoms with E-state index in [0.717, 1.165) is 25.8 Å². The molecule has 0 aromatic carbocycles. The molecule has 3 nitrogen and oxygen atoms in total. The Balaban J connectivity index is 2.00. The highest BCUT2D eigenvalue weighted by Crippen LogP contribution is 2.41. The fourth-order valence-electron chi connectivity index (χ4n) is 3.39. The Labute approximate surface area is 96.2 Å². The van der Waals surface area contributed by atoms with Crippen LogP contribution in [0.5, 0.6) is 0 Å². The van der Waals surface area contributed by atoms with Crippen LogP contribution < -0.4 is 5.32 Å². The van der Waals surface area contributed by atoms with Crippen molar-refractivity contribution in [3.63, 3.8) is 0 Å². The number of furan rings is 1. The van der Waals surface area contributed by atoms with Crippen molar-refractivity contribution in [2.24, 2.45) is 0 Å². The number of fused-ring (bicyclic) bond motifs is 2. The minimum absolute atomic E-state index is 0.0949. The van der Waals surface area contributed by atoms with E-state index in [1.54, 1.807) is 0 Å². The summed E-state index contributed by atoms with van der Waals surface area (Å²) in [6, 6.07) is 2.13. The SMILES string of the molecule is CC1CC2(CC(C)O1)NCCc1occc12. The van der Waals surface area contributed by atoms with Gasteiger partial charge in [-0.1, -0.05) is 0 Å². The molecule has 3 rings (SSSR count). The number of rotatable bonds is 0. The molecule has 1 aromatic heterocycles. The summed E-state index contributed by atoms with van der Waals surface area (Å²) in [4.78, 5) is 0. The highest BCUT2D eigenvalue weighted by Gasteiger charge is 2.43. The quantitative estimate of drug-likeness (QED) is 0.729. The van der Waals surface area contributed by atoms with Gasteiger partial charge in [0.25, 0.3) is 0 Å². The first-order chi connectivity index (χ1) is 7.70. The third-order valence-electron chi connectivity index (χ3n) is 3.81. The third kappa shape index (κ3) is 1.50. The summed E-state index contributed by atoms with van der Waals surface area (Å²) in [5, 5.41) is 3.70. The predicted octanol–water partition coefficient (Wildman–Crippen LogP) is 2.21. The van der Waals surface area contributed by atoms with Gasteiger partial charge in [-0.3, -0.25) is 0 Å². The highest BCUT2D eigenvalue weighted by atomic mass is 16.5. The van der Waals surface area contributed by atoms with Crippen LogP contribution in [0.4, 0.5) is 0 Å². The molecule has 2 aliphatic rings. The molecule has 0 amide bonds. The Morgan fingerprint density at radius 1 is 1.31 bits per heavy atom. The van der Waals surface area contributed by atoms with E-state index in [2.05, 4.69) is 25.2 Å². The smallest absolute Gasteiger partial charge is 0.110 e. The maximum absolute atomic E-state index is 5.83. The zero-order valence-corrected chi connectivity index (χ0v) is 9.95. The van der Waals surface area contributed by atoms with Gasteiger partial charge in [0.05, 0.1) is 24.0 Å². The van der Waals surface area contributed by atoms with Crippen molar-refractivity contribution in [3.8, 4) is 0 Å². The van der Waals surface area contributed by atoms with Gasteiger partial charge >= 0.3 is 0 Å². The number of ether oxygens (including phenoxy) is 1. The second-order valence-electron chi connectivity index (χ2n) is 5.18. The Hall–Kier alpha value is -0.800. The van der Waals surface area contributed by atoms with Crippen molar-refractivity contribution in [2.75, 3.05) is 6.54 Å². The fourth-order valence-corrected chi connectivity index (χ4v) is 3.39. The summed E-state index contributed by atoms with van der Waals surface area (Å²) in [5.74, 6) is 1.17. The lowest BCUT2D eigenvalue weighted by molar-refractivity contribution is -0.0730. The van der Waals surface area contributed by atoms with Gasteiger partial charge < -0.3 is 14.5 Å². The molecule has 1 aromatic rings. The Bertz CT molecular complexity index is 375. The van der Waals surface area contributed by atoms with Crippen LogP contribution in [0.15, 0.2) is 16.7 Å². The van der Waals surface area contributed by atoms with Crippen LogP contribution in [-0.2, 0) is 16.7 Å². The Kier molecular flexibility index (Phi) is 2.33. The van der Waals surface area contributed by atoms with Crippen molar-refractivity contribution in [2.45, 2.75) is 50.9 Å². The van der Waals surface area contributed by atoms with Crippen LogP contribution in [0.3, 0.4) is 0 Å². The largest absolute Gasteiger partial charge is 0.469 e. The van der Waals surface area contributed by atoms with E-state index in [4.69, 9.17) is 9.15 Å². The number of hydrogen-bond donors (Lipinski definition) is 1. The monoisotopic (exact) mass is 221 g/mol. The van der Waals surface area contributed by atoms with Crippen molar-refractivity contribution in [1.29, 1.82) is 0 Å². The molecule has 0 aliphatic carbocycles. The molecule has 0 saturated carbocycles. The third-order valence-corrected chi connectivity index (χ3v) is 3.81. The van der Waals surface area contributed by atoms with Crippen molar-refractivity contribution < 1.29 is 9.15 Å². The van der Waals surface area contributed by atoms with E-state index < -0.39 is 0 Å². The second kappa shape index (κ2) is 3.60. The molecule has 0 radical (unpaired) electrons. The van der Waals surface area contributed by atoms with Crippen LogP contribution >= 0.6 is 0 Å². The van der Waals surface area contributed by atoms with E-state index in [-0.39, 0.29) is 5.54 Å². The summed E-state index contributed by atoms with van der Waals surface area (Å²) >= 11 is 0. The lowest BCUT2D eigenvalue weighted by atomic mass is 9.76. The number of hydrogen-bond acceptors (Lipinski definition) is 3. The molecule has 1 spiro atoms. The average Bonchev–Trinajstić information content (AvgIpc) is 2.65. The van der Waals surface area contributed by atoms with E-state index >= 15 is 0 Å². The molecule has 88 valence electrons. The second-order valence-corrected chi connectivity index (χ2v) is 5.18. The molecule has 0 bridgehead atoms. The van der Waals surface area contributed by atoms with E-state index in [1.165, 1.54) is 11.3 Å². The Morgan fingerprint density at radius 3 is 2.81 bits per heavy atom. The van der Waals surface area contributed by atoms with Gasteiger partial charge in [0.1, 0.15) is 5.76 Å². The Morgan fingerprint density at radius 2 is 2.06 bits per heavy atom. The van der Waals surface area contributed by atoms with Gasteiger partial charge in [-0.2, -0.15) is 0 Å². The predicted molar refractivity (Wildman–Crippen MR) is 61.3 cm³/mol. The van der Waals surface area contributed by atoms with Crippen molar-refractivity contribution in [1.82, 2.24) is 5.32 Å². The van der Waals surface area contributed by atoms with Gasteiger partial charge in [-0.25, -0.2) is 0 Å². The van der Waals surface area contributed by atoms with Gasteiger partial charge in [0.15, 0.2) is 0 Å². The summed E-state index contributed by atoms with van der Waals surface area (Å²) in [6.45, 7) is 5.33. The fraction of sp³-hybridized carbons (Fsp3) is 0.692. The van der Waals surface area contributed by atoms with Crippen LogP contribution in [0, 0.1) is 0 Å². The van der Waals surface area contributed by atoms with Crippen molar-refractivity contribution in [3.05, 3.63) is 23.7 Å². The van der Waals surface area contributed by atoms with Gasteiger partial charge in [0.2, 0.25) is 0 Å². The molecule has 2 atom stereocenters. The summed E-state index contributed by atoms with van der Waals surface area (Å²) < 4.78 is 11.4. The zero-order valence-electron chi connectivity index (χ0n) is 9.95. The van der Waals surface area contributed by atoms with Crippen LogP contribution in [0.25, 0.3) is 0 Å². The summed E-state index contributed by atoms with van der Waals surface area (Å²) in [7, 11) is 0. The maximum atomic E-state index is 5.83. The molecule has 1 N–H and O–H groups in total. The van der Waals surface area contributed by atoms with E-state index in [0.29, 0.717) is 12.2 Å². The maximum Gasteiger partial charge on any atom is 0.110 e. The molecule has 16 heavy (non-hydrogen) atoms. The molecule has 3 heterocycles. The van der Waals surface area contributed by atoms with Crippen LogP contribution in [-0.4, -0.2) is 18.8 Å². The zero-order chi connectivity index (χ0) is 11.2. The normalized spacial score (nSPS) is 38.6. The summed E-state index contributed by atoms with van der Waals surface area (Å²) in [5.41, 5.74) is 1.46. The standard InChI is InChI=1S/C13H19NO2/c1-9-7-13(8-10(2)16-9)11-4-6-15-12(11)3-5-14-13/h4,6,9-10,14H,3,5,7-8H2,1-2H3. The first kappa shape index (κ1) is 10.4. The number of nitrogens with one attached hydrogen (secondary N) is 1. The minimum Gasteiger partial charge on any atom is -0.469 e. The highest BCUT2D eigenvalue weighted by molar-refractivity contribution is 5.31. The molecular formula is C13H19NO2. The van der Waals surface area contributed by atoms with Gasteiger partial charge in [-0.15, -0.1) is 0 Å². The van der Waals surface area contributed by atoms with Crippen LogP contribution in [0.1, 0.15) is 38.0 Å². The van der Waals surface area contributed by atoms with Gasteiger partial charge in [-0.05, 0) is 32.8 Å². The van der Waals surface area contributed by atoms with E-state index in [1.807, 2.05) is 6.26 Å². The average molecular weight is 221 g/mol.